The lowest BCUT2D eigenvalue weighted by atomic mass is 9.26. The zero-order valence-corrected chi connectivity index (χ0v) is 44.6. The molecule has 2 bridgehead atoms. The summed E-state index contributed by atoms with van der Waals surface area (Å²) in [6, 6.07) is 36.0. The van der Waals surface area contributed by atoms with Crippen LogP contribution in [0.4, 0.5) is 0 Å². The van der Waals surface area contributed by atoms with Gasteiger partial charge in [-0.3, -0.25) is 40.7 Å². The van der Waals surface area contributed by atoms with Crippen LogP contribution >= 0.6 is 22.6 Å². The van der Waals surface area contributed by atoms with Crippen molar-refractivity contribution in [1.82, 2.24) is 9.80 Å². The molecule has 0 spiro atoms. The van der Waals surface area contributed by atoms with E-state index in [-0.39, 0.29) is 41.5 Å². The van der Waals surface area contributed by atoms with E-state index in [1.165, 1.54) is 76.0 Å². The number of hydrogen-bond acceptors (Lipinski definition) is 13. The first-order chi connectivity index (χ1) is 35.9. The number of nitrogens with zero attached hydrogens (tertiary/aromatic N) is 2. The second kappa shape index (κ2) is 30.0. The van der Waals surface area contributed by atoms with E-state index in [2.05, 4.69) is 43.7 Å². The molecule has 0 unspecified atom stereocenters. The summed E-state index contributed by atoms with van der Waals surface area (Å²) < 4.78 is 14.9. The van der Waals surface area contributed by atoms with Crippen molar-refractivity contribution in [3.63, 3.8) is 0 Å². The van der Waals surface area contributed by atoms with Gasteiger partial charge in [0, 0.05) is 16.7 Å². The molecule has 4 heterocycles. The lowest BCUT2D eigenvalue weighted by molar-refractivity contribution is 0.0590. The Balaban J connectivity index is 0.000000189. The first-order valence-corrected chi connectivity index (χ1v) is 26.1. The molecule has 0 aliphatic carbocycles. The fourth-order valence-electron chi connectivity index (χ4n) is 10.2. The maximum absolute atomic E-state index is 12.4. The highest BCUT2D eigenvalue weighted by molar-refractivity contribution is 14.1. The van der Waals surface area contributed by atoms with Crippen molar-refractivity contribution >= 4 is 70.8 Å². The summed E-state index contributed by atoms with van der Waals surface area (Å²) in [6.45, 7) is 2.38. The van der Waals surface area contributed by atoms with Crippen molar-refractivity contribution < 1.29 is 47.8 Å². The van der Waals surface area contributed by atoms with E-state index in [0.29, 0.717) is 71.4 Å². The minimum absolute atomic E-state index is 0.102. The van der Waals surface area contributed by atoms with Crippen LogP contribution in [0.3, 0.4) is 0 Å². The summed E-state index contributed by atoms with van der Waals surface area (Å²) in [4.78, 5) is 86.2. The van der Waals surface area contributed by atoms with Crippen LogP contribution in [0.15, 0.2) is 121 Å². The van der Waals surface area contributed by atoms with Crippen LogP contribution in [-0.2, 0) is 27.1 Å². The Morgan fingerprint density at radius 2 is 0.851 bits per heavy atom. The largest absolute Gasteiger partial charge is 0.465 e. The summed E-state index contributed by atoms with van der Waals surface area (Å²) in [7, 11) is 4.12. The maximum Gasteiger partial charge on any atom is 0.338 e. The number of imide groups is 2. The minimum Gasteiger partial charge on any atom is -0.465 e. The predicted octanol–water partition coefficient (Wildman–Crippen LogP) is 9.24. The monoisotopic (exact) mass is 1120 g/mol. The Kier molecular flexibility index (Phi) is 23.6. The van der Waals surface area contributed by atoms with Crippen molar-refractivity contribution in [2.24, 2.45) is 17.4 Å². The van der Waals surface area contributed by atoms with Gasteiger partial charge in [-0.15, -0.1) is 0 Å². The van der Waals surface area contributed by atoms with Crippen molar-refractivity contribution in [3.8, 4) is 0 Å². The fraction of sp³-hybridized carbons (Fsp3) is 0.351. The molecule has 4 aliphatic heterocycles. The molecule has 6 N–H and O–H groups in total. The van der Waals surface area contributed by atoms with Crippen LogP contribution in [-0.4, -0.2) is 99.0 Å². The number of nitrogens with two attached hydrogens (primary N) is 3. The Hall–Kier alpha value is -6.54. The number of carbonyl (C=O) groups excluding carboxylic acids is 7. The lowest BCUT2D eigenvalue weighted by Crippen LogP contribution is -2.36. The number of amides is 4. The number of esters is 3. The average Bonchev–Trinajstić information content (AvgIpc) is 3.83. The van der Waals surface area contributed by atoms with Gasteiger partial charge in [0.15, 0.2) is 0 Å². The van der Waals surface area contributed by atoms with Crippen molar-refractivity contribution in [1.29, 1.82) is 0 Å². The number of methoxy groups -OCH3 is 3. The van der Waals surface area contributed by atoms with Crippen LogP contribution in [0.2, 0.25) is 18.0 Å². The van der Waals surface area contributed by atoms with Gasteiger partial charge in [0.05, 0.1) is 60.3 Å². The third-order valence-electron chi connectivity index (χ3n) is 13.8. The number of hydrogen-bond donors (Lipinski definition) is 3. The minimum atomic E-state index is -0.383. The molecule has 390 valence electrons. The van der Waals surface area contributed by atoms with Crippen LogP contribution in [0.1, 0.15) is 141 Å². The van der Waals surface area contributed by atoms with Crippen LogP contribution in [0, 0.1) is 3.57 Å². The number of aryl methyl sites for hydroxylation is 2. The average molecular weight is 1120 g/mol. The zero-order valence-electron chi connectivity index (χ0n) is 42.5. The highest BCUT2D eigenvalue weighted by atomic mass is 127. The number of ether oxygens (including phenoxy) is 3. The zero-order chi connectivity index (χ0) is 53.6. The summed E-state index contributed by atoms with van der Waals surface area (Å²) in [5, 5.41) is 0. The lowest BCUT2D eigenvalue weighted by Gasteiger charge is -2.40. The Bertz CT molecular complexity index is 2650. The topological polar surface area (TPSA) is 232 Å². The highest BCUT2D eigenvalue weighted by Gasteiger charge is 2.40. The summed E-state index contributed by atoms with van der Waals surface area (Å²) in [5.41, 5.74) is 11.1. The number of rotatable bonds is 14. The molecule has 17 heteroatoms. The Morgan fingerprint density at radius 3 is 1.24 bits per heavy atom. The molecule has 15 nitrogen and oxygen atoms in total. The van der Waals surface area contributed by atoms with Gasteiger partial charge in [0.25, 0.3) is 23.6 Å². The molecule has 9 rings (SSSR count). The quantitative estimate of drug-likeness (QED) is 0.0179. The number of benzene rings is 5. The number of carbonyl (C=O) groups is 7. The van der Waals surface area contributed by atoms with Gasteiger partial charge >= 0.3 is 17.9 Å². The fourth-order valence-corrected chi connectivity index (χ4v) is 10.8. The standard InChI is InChI=1S/C19H24BNO2.C19H17NO4.C11H15NO2.C8H7IO2.H4N2/c22-18-16-10-1-2-11-17(16)19(23)21(18)13-5-12-20-14-6-3-7-15(20)9-4-8-14;1-24-19(23)14-9-3-2-7-13(14)8-6-12-20-17(21)15-10-4-5-11-16(15)18(20)22;1-14-11(13)10-7-3-2-5-9(10)6-4-8-12;1-11-8(10)6-4-2-3-5-7(6)9;1-2/h1-2,10-11,14-15H,3-9,12-13H2;2-5,7,9-11H,6,8,12H2,1H3;2-3,5,7H,4,6,8,12H2,1H3;2-5H,1H3;1-2H2. The summed E-state index contributed by atoms with van der Waals surface area (Å²) in [6.07, 6.45) is 13.4. The summed E-state index contributed by atoms with van der Waals surface area (Å²) >= 11 is 2.10. The van der Waals surface area contributed by atoms with Gasteiger partial charge in [0.2, 0.25) is 0 Å². The van der Waals surface area contributed by atoms with Gasteiger partial charge in [-0.25, -0.2) is 14.4 Å². The second-order valence-electron chi connectivity index (χ2n) is 18.1. The number of fused-ring (bicyclic) bond motifs is 4. The van der Waals surface area contributed by atoms with Gasteiger partial charge in [-0.1, -0.05) is 129 Å². The van der Waals surface area contributed by atoms with Crippen LogP contribution in [0.5, 0.6) is 0 Å². The highest BCUT2D eigenvalue weighted by Crippen LogP contribution is 2.48. The van der Waals surface area contributed by atoms with E-state index in [1.807, 2.05) is 60.7 Å². The molecule has 0 aromatic heterocycles. The molecule has 5 aromatic rings. The normalized spacial score (nSPS) is 15.9. The van der Waals surface area contributed by atoms with Gasteiger partial charge in [-0.2, -0.15) is 0 Å². The summed E-state index contributed by atoms with van der Waals surface area (Å²) in [5.74, 6) is 8.16. The number of hydrazine groups is 1. The van der Waals surface area contributed by atoms with E-state index in [1.54, 1.807) is 60.7 Å². The van der Waals surface area contributed by atoms with Crippen molar-refractivity contribution in [2.75, 3.05) is 41.0 Å². The Morgan fingerprint density at radius 1 is 0.514 bits per heavy atom. The van der Waals surface area contributed by atoms with Crippen LogP contribution in [0.25, 0.3) is 0 Å². The van der Waals surface area contributed by atoms with Gasteiger partial charge in [0.1, 0.15) is 6.71 Å². The smallest absolute Gasteiger partial charge is 0.338 e. The first-order valence-electron chi connectivity index (χ1n) is 25.0. The molecule has 0 saturated carbocycles. The van der Waals surface area contributed by atoms with E-state index in [0.717, 1.165) is 52.3 Å². The molecular weight excluding hydrogens is 1050 g/mol. The van der Waals surface area contributed by atoms with Crippen LogP contribution < -0.4 is 17.4 Å². The van der Waals surface area contributed by atoms with Crippen molar-refractivity contribution in [3.05, 3.63) is 175 Å². The molecule has 2 fully saturated rings. The molecule has 5 aromatic carbocycles. The second-order valence-corrected chi connectivity index (χ2v) is 19.2. The van der Waals surface area contributed by atoms with Gasteiger partial charge in [-0.05, 0) is 121 Å². The van der Waals surface area contributed by atoms with Crippen molar-refractivity contribution in [2.45, 2.75) is 88.6 Å². The molecule has 4 aliphatic rings. The number of halogens is 1. The third kappa shape index (κ3) is 15.0. The molecule has 2 saturated heterocycles. The van der Waals surface area contributed by atoms with E-state index in [4.69, 9.17) is 10.5 Å². The van der Waals surface area contributed by atoms with Gasteiger partial charge < -0.3 is 19.9 Å². The molecule has 74 heavy (non-hydrogen) atoms. The maximum atomic E-state index is 12.4. The Labute approximate surface area is 448 Å². The molecule has 0 atom stereocenters. The SMILES string of the molecule is COC(=O)c1ccccc1CCCN.COC(=O)c1ccccc1CCCN1C(=O)c2ccccc2C1=O.COC(=O)c1ccccc1I.NN.O=C1c2ccccc2C(=O)N1CCCB1C2CCCC1CCC2. The molecule has 4 amide bonds. The first kappa shape index (κ1) is 58.4. The van der Waals surface area contributed by atoms with E-state index >= 15 is 0 Å². The molecule has 0 radical (unpaired) electrons. The molecular formula is C57H67BIN5O10. The third-order valence-corrected chi connectivity index (χ3v) is 14.7. The predicted molar refractivity (Wildman–Crippen MR) is 294 cm³/mol. The van der Waals surface area contributed by atoms with E-state index in [9.17, 15) is 33.6 Å². The van der Waals surface area contributed by atoms with E-state index < -0.39 is 0 Å².